The maximum Gasteiger partial charge on any atom is 0.391 e. The third-order valence-corrected chi connectivity index (χ3v) is 1.66. The largest absolute Gasteiger partial charge is 0.391 e. The minimum Gasteiger partial charge on any atom is -0.355 e. The summed E-state index contributed by atoms with van der Waals surface area (Å²) in [4.78, 5) is 10.8. The number of amides is 1. The van der Waals surface area contributed by atoms with Crippen LogP contribution in [-0.2, 0) is 4.79 Å². The first-order chi connectivity index (χ1) is 5.79. The van der Waals surface area contributed by atoms with E-state index < -0.39 is 18.0 Å². The number of carbonyl (C=O) groups is 1. The molecule has 1 N–H and O–H groups in total. The van der Waals surface area contributed by atoms with Crippen LogP contribution in [0.2, 0.25) is 0 Å². The van der Waals surface area contributed by atoms with E-state index in [1.807, 2.05) is 0 Å². The number of hydrogen-bond acceptors (Lipinski definition) is 1. The SMILES string of the molecule is C=C(CC(C)C(F)(F)F)C(=O)NC. The van der Waals surface area contributed by atoms with Gasteiger partial charge >= 0.3 is 6.18 Å². The standard InChI is InChI=1S/C8H12F3NO/c1-5(7(13)12-3)4-6(2)8(9,10)11/h6H,1,4H2,2-3H3,(H,12,13). The van der Waals surface area contributed by atoms with E-state index in [4.69, 9.17) is 0 Å². The molecule has 5 heteroatoms. The van der Waals surface area contributed by atoms with E-state index in [0.29, 0.717) is 0 Å². The summed E-state index contributed by atoms with van der Waals surface area (Å²) in [7, 11) is 1.35. The van der Waals surface area contributed by atoms with Crippen LogP contribution in [0, 0.1) is 5.92 Å². The lowest BCUT2D eigenvalue weighted by Gasteiger charge is -2.15. The molecular weight excluding hydrogens is 183 g/mol. The highest BCUT2D eigenvalue weighted by molar-refractivity contribution is 5.92. The molecule has 0 aliphatic rings. The van der Waals surface area contributed by atoms with Gasteiger partial charge in [-0.05, 0) is 6.42 Å². The van der Waals surface area contributed by atoms with Gasteiger partial charge in [0.1, 0.15) is 0 Å². The van der Waals surface area contributed by atoms with Gasteiger partial charge in [0.25, 0.3) is 0 Å². The highest BCUT2D eigenvalue weighted by atomic mass is 19.4. The molecule has 0 aromatic heterocycles. The van der Waals surface area contributed by atoms with Crippen molar-refractivity contribution < 1.29 is 18.0 Å². The Bertz CT molecular complexity index is 210. The van der Waals surface area contributed by atoms with Gasteiger partial charge in [0.15, 0.2) is 0 Å². The average molecular weight is 195 g/mol. The molecule has 0 aliphatic carbocycles. The Morgan fingerprint density at radius 2 is 2.00 bits per heavy atom. The highest BCUT2D eigenvalue weighted by Gasteiger charge is 2.36. The van der Waals surface area contributed by atoms with E-state index >= 15 is 0 Å². The molecule has 0 aromatic carbocycles. The Balaban J connectivity index is 4.15. The molecule has 13 heavy (non-hydrogen) atoms. The van der Waals surface area contributed by atoms with Crippen molar-refractivity contribution in [2.45, 2.75) is 19.5 Å². The predicted octanol–water partition coefficient (Wildman–Crippen LogP) is 1.88. The summed E-state index contributed by atoms with van der Waals surface area (Å²) < 4.78 is 36.0. The van der Waals surface area contributed by atoms with Gasteiger partial charge in [0.2, 0.25) is 5.91 Å². The number of hydrogen-bond donors (Lipinski definition) is 1. The van der Waals surface area contributed by atoms with Crippen molar-refractivity contribution in [1.29, 1.82) is 0 Å². The lowest BCUT2D eigenvalue weighted by molar-refractivity contribution is -0.169. The van der Waals surface area contributed by atoms with Crippen LogP contribution >= 0.6 is 0 Å². The summed E-state index contributed by atoms with van der Waals surface area (Å²) in [5.74, 6) is -2.08. The van der Waals surface area contributed by atoms with Crippen LogP contribution in [-0.4, -0.2) is 19.1 Å². The molecule has 0 fully saturated rings. The topological polar surface area (TPSA) is 29.1 Å². The molecule has 1 amide bonds. The number of halogens is 3. The zero-order valence-corrected chi connectivity index (χ0v) is 7.53. The molecule has 0 rings (SSSR count). The van der Waals surface area contributed by atoms with Crippen LogP contribution in [0.3, 0.4) is 0 Å². The molecular formula is C8H12F3NO. The van der Waals surface area contributed by atoms with Crippen molar-refractivity contribution in [3.05, 3.63) is 12.2 Å². The first kappa shape index (κ1) is 12.0. The maximum absolute atomic E-state index is 12.0. The minimum atomic E-state index is -4.27. The summed E-state index contributed by atoms with van der Waals surface area (Å²) in [6, 6.07) is 0. The number of carbonyl (C=O) groups excluding carboxylic acids is 1. The molecule has 1 unspecified atom stereocenters. The van der Waals surface area contributed by atoms with Crippen molar-refractivity contribution in [2.24, 2.45) is 5.92 Å². The van der Waals surface area contributed by atoms with Crippen LogP contribution in [0.1, 0.15) is 13.3 Å². The zero-order valence-electron chi connectivity index (χ0n) is 7.53. The van der Waals surface area contributed by atoms with Gasteiger partial charge in [-0.25, -0.2) is 0 Å². The maximum atomic E-state index is 12.0. The van der Waals surface area contributed by atoms with Gasteiger partial charge in [0.05, 0.1) is 5.92 Å². The fourth-order valence-electron chi connectivity index (χ4n) is 0.755. The van der Waals surface area contributed by atoms with Gasteiger partial charge in [-0.3, -0.25) is 4.79 Å². The highest BCUT2D eigenvalue weighted by Crippen LogP contribution is 2.30. The summed E-state index contributed by atoms with van der Waals surface area (Å²) in [6.07, 6.45) is -4.62. The summed E-state index contributed by atoms with van der Waals surface area (Å²) in [5, 5.41) is 2.22. The van der Waals surface area contributed by atoms with Gasteiger partial charge in [-0.1, -0.05) is 13.5 Å². The average Bonchev–Trinajstić information content (AvgIpc) is 2.01. The molecule has 0 bridgehead atoms. The second-order valence-electron chi connectivity index (χ2n) is 2.83. The Kier molecular flexibility index (Phi) is 3.97. The molecule has 0 saturated carbocycles. The van der Waals surface area contributed by atoms with E-state index in [9.17, 15) is 18.0 Å². The van der Waals surface area contributed by atoms with Crippen LogP contribution in [0.25, 0.3) is 0 Å². The summed E-state index contributed by atoms with van der Waals surface area (Å²) >= 11 is 0. The van der Waals surface area contributed by atoms with Gasteiger partial charge < -0.3 is 5.32 Å². The van der Waals surface area contributed by atoms with E-state index in [1.54, 1.807) is 0 Å². The third-order valence-electron chi connectivity index (χ3n) is 1.66. The molecule has 0 radical (unpaired) electrons. The fourth-order valence-corrected chi connectivity index (χ4v) is 0.755. The molecule has 0 aromatic rings. The second kappa shape index (κ2) is 4.30. The first-order valence-electron chi connectivity index (χ1n) is 3.75. The second-order valence-corrected chi connectivity index (χ2v) is 2.83. The Hall–Kier alpha value is -1.00. The zero-order chi connectivity index (χ0) is 10.6. The number of rotatable bonds is 3. The minimum absolute atomic E-state index is 0.0488. The molecule has 0 saturated heterocycles. The van der Waals surface area contributed by atoms with Crippen LogP contribution < -0.4 is 5.32 Å². The van der Waals surface area contributed by atoms with Crippen molar-refractivity contribution in [1.82, 2.24) is 5.32 Å². The third kappa shape index (κ3) is 3.96. The van der Waals surface area contributed by atoms with Gasteiger partial charge in [0, 0.05) is 12.6 Å². The lowest BCUT2D eigenvalue weighted by Crippen LogP contribution is -2.25. The van der Waals surface area contributed by atoms with Crippen molar-refractivity contribution in [2.75, 3.05) is 7.05 Å². The quantitative estimate of drug-likeness (QED) is 0.684. The molecule has 0 aliphatic heterocycles. The van der Waals surface area contributed by atoms with Crippen LogP contribution in [0.4, 0.5) is 13.2 Å². The number of likely N-dealkylation sites (N-methyl/N-ethyl adjacent to an activating group) is 1. The smallest absolute Gasteiger partial charge is 0.355 e. The summed E-state index contributed by atoms with van der Waals surface area (Å²) in [5.41, 5.74) is -0.0488. The molecule has 1 atom stereocenters. The van der Waals surface area contributed by atoms with Crippen LogP contribution in [0.5, 0.6) is 0 Å². The Labute approximate surface area is 74.8 Å². The Morgan fingerprint density at radius 1 is 1.54 bits per heavy atom. The van der Waals surface area contributed by atoms with Gasteiger partial charge in [-0.15, -0.1) is 0 Å². The number of nitrogens with one attached hydrogen (secondary N) is 1. The van der Waals surface area contributed by atoms with Crippen molar-refractivity contribution in [3.8, 4) is 0 Å². The van der Waals surface area contributed by atoms with E-state index in [-0.39, 0.29) is 12.0 Å². The van der Waals surface area contributed by atoms with Crippen LogP contribution in [0.15, 0.2) is 12.2 Å². The number of alkyl halides is 3. The molecule has 0 spiro atoms. The predicted molar refractivity (Wildman–Crippen MR) is 43.0 cm³/mol. The van der Waals surface area contributed by atoms with Crippen molar-refractivity contribution >= 4 is 5.91 Å². The van der Waals surface area contributed by atoms with E-state index in [1.165, 1.54) is 7.05 Å². The van der Waals surface area contributed by atoms with Crippen molar-refractivity contribution in [3.63, 3.8) is 0 Å². The van der Waals surface area contributed by atoms with E-state index in [2.05, 4.69) is 11.9 Å². The molecule has 0 heterocycles. The lowest BCUT2D eigenvalue weighted by atomic mass is 10.0. The summed E-state index contributed by atoms with van der Waals surface area (Å²) in [6.45, 7) is 4.29. The monoisotopic (exact) mass is 195 g/mol. The van der Waals surface area contributed by atoms with Gasteiger partial charge in [-0.2, -0.15) is 13.2 Å². The Morgan fingerprint density at radius 3 is 2.31 bits per heavy atom. The molecule has 76 valence electrons. The fraction of sp³-hybridized carbons (Fsp3) is 0.625. The molecule has 2 nitrogen and oxygen atoms in total. The normalized spacial score (nSPS) is 13.6. The van der Waals surface area contributed by atoms with E-state index in [0.717, 1.165) is 6.92 Å². The first-order valence-corrected chi connectivity index (χ1v) is 3.75.